The van der Waals surface area contributed by atoms with Crippen LogP contribution in [0.5, 0.6) is 0 Å². The summed E-state index contributed by atoms with van der Waals surface area (Å²) in [4.78, 5) is 4.59. The second-order valence-electron chi connectivity index (χ2n) is 4.40. The summed E-state index contributed by atoms with van der Waals surface area (Å²) >= 11 is 6.17. The average Bonchev–Trinajstić information content (AvgIpc) is 2.57. The molecule has 0 bridgehead atoms. The summed E-state index contributed by atoms with van der Waals surface area (Å²) in [5.41, 5.74) is 7.73. The third-order valence-electron chi connectivity index (χ3n) is 2.82. The fourth-order valence-electron chi connectivity index (χ4n) is 1.90. The molecule has 90 valence electrons. The summed E-state index contributed by atoms with van der Waals surface area (Å²) in [6.45, 7) is 4.19. The van der Waals surface area contributed by atoms with E-state index in [9.17, 15) is 0 Å². The number of hydrogen-bond donors (Lipinski definition) is 1. The monoisotopic (exact) mass is 249 g/mol. The fraction of sp³-hybridized carbons (Fsp3) is 0.308. The van der Waals surface area contributed by atoms with Gasteiger partial charge in [-0.15, -0.1) is 0 Å². The van der Waals surface area contributed by atoms with E-state index in [1.165, 1.54) is 0 Å². The zero-order chi connectivity index (χ0) is 12.6. The van der Waals surface area contributed by atoms with Gasteiger partial charge < -0.3 is 10.3 Å². The molecule has 0 unspecified atom stereocenters. The van der Waals surface area contributed by atoms with Crippen LogP contribution in [0.1, 0.15) is 25.6 Å². The van der Waals surface area contributed by atoms with Crippen molar-refractivity contribution in [2.45, 2.75) is 19.8 Å². The number of benzene rings is 1. The largest absolute Gasteiger partial charge is 0.383 e. The van der Waals surface area contributed by atoms with Crippen LogP contribution in [-0.4, -0.2) is 9.55 Å². The molecule has 0 saturated heterocycles. The first-order valence-electron chi connectivity index (χ1n) is 5.59. The summed E-state index contributed by atoms with van der Waals surface area (Å²) < 4.78 is 1.92. The first kappa shape index (κ1) is 12.0. The van der Waals surface area contributed by atoms with E-state index < -0.39 is 0 Å². The highest BCUT2D eigenvalue weighted by molar-refractivity contribution is 6.33. The molecule has 1 heterocycles. The van der Waals surface area contributed by atoms with Crippen molar-refractivity contribution >= 4 is 17.4 Å². The number of imidazole rings is 1. The van der Waals surface area contributed by atoms with E-state index in [1.807, 2.05) is 35.9 Å². The molecule has 0 fully saturated rings. The van der Waals surface area contributed by atoms with Gasteiger partial charge in [0.05, 0.1) is 5.02 Å². The Bertz CT molecular complexity index is 544. The fourth-order valence-corrected chi connectivity index (χ4v) is 2.12. The van der Waals surface area contributed by atoms with Crippen LogP contribution < -0.4 is 5.73 Å². The van der Waals surface area contributed by atoms with Gasteiger partial charge in [-0.3, -0.25) is 0 Å². The minimum atomic E-state index is 0.332. The van der Waals surface area contributed by atoms with Crippen molar-refractivity contribution in [3.63, 3.8) is 0 Å². The highest BCUT2D eigenvalue weighted by Crippen LogP contribution is 2.32. The molecule has 0 amide bonds. The smallest absolute Gasteiger partial charge is 0.131 e. The van der Waals surface area contributed by atoms with Crippen LogP contribution in [-0.2, 0) is 7.05 Å². The molecule has 0 aliphatic carbocycles. The van der Waals surface area contributed by atoms with Crippen LogP contribution in [0.25, 0.3) is 11.3 Å². The van der Waals surface area contributed by atoms with Gasteiger partial charge in [-0.25, -0.2) is 4.98 Å². The van der Waals surface area contributed by atoms with E-state index in [4.69, 9.17) is 17.3 Å². The van der Waals surface area contributed by atoms with Crippen molar-refractivity contribution in [3.8, 4) is 11.3 Å². The molecule has 4 heteroatoms. The van der Waals surface area contributed by atoms with Gasteiger partial charge in [0.2, 0.25) is 0 Å². The summed E-state index contributed by atoms with van der Waals surface area (Å²) in [5, 5.41) is 0.674. The zero-order valence-electron chi connectivity index (χ0n) is 10.2. The molecule has 0 atom stereocenters. The van der Waals surface area contributed by atoms with Crippen molar-refractivity contribution < 1.29 is 0 Å². The lowest BCUT2D eigenvalue weighted by Crippen LogP contribution is -2.02. The summed E-state index contributed by atoms with van der Waals surface area (Å²) in [5.74, 6) is 1.96. The van der Waals surface area contributed by atoms with Gasteiger partial charge in [0.15, 0.2) is 0 Å². The molecule has 0 aliphatic heterocycles. The van der Waals surface area contributed by atoms with Crippen molar-refractivity contribution in [2.75, 3.05) is 5.73 Å². The molecular weight excluding hydrogens is 234 g/mol. The standard InChI is InChI=1S/C13H16ClN3/c1-8(2)13-16-11(12(15)17(13)3)9-6-4-5-7-10(9)14/h4-8H,15H2,1-3H3. The Morgan fingerprint density at radius 1 is 1.29 bits per heavy atom. The van der Waals surface area contributed by atoms with Gasteiger partial charge >= 0.3 is 0 Å². The van der Waals surface area contributed by atoms with E-state index in [0.29, 0.717) is 16.8 Å². The van der Waals surface area contributed by atoms with E-state index in [-0.39, 0.29) is 0 Å². The Hall–Kier alpha value is -1.48. The van der Waals surface area contributed by atoms with Crippen LogP contribution >= 0.6 is 11.6 Å². The molecular formula is C13H16ClN3. The van der Waals surface area contributed by atoms with Gasteiger partial charge in [-0.05, 0) is 6.07 Å². The Morgan fingerprint density at radius 2 is 1.94 bits per heavy atom. The number of aromatic nitrogens is 2. The van der Waals surface area contributed by atoms with E-state index in [0.717, 1.165) is 17.1 Å². The lowest BCUT2D eigenvalue weighted by atomic mass is 10.1. The first-order valence-corrected chi connectivity index (χ1v) is 5.97. The predicted molar refractivity (Wildman–Crippen MR) is 72.2 cm³/mol. The minimum absolute atomic E-state index is 0.332. The molecule has 1 aromatic heterocycles. The highest BCUT2D eigenvalue weighted by Gasteiger charge is 2.17. The van der Waals surface area contributed by atoms with Crippen LogP contribution in [0, 0.1) is 0 Å². The molecule has 0 aliphatic rings. The molecule has 2 N–H and O–H groups in total. The molecule has 0 saturated carbocycles. The first-order chi connectivity index (χ1) is 8.02. The molecule has 1 aromatic carbocycles. The molecule has 2 aromatic rings. The maximum Gasteiger partial charge on any atom is 0.131 e. The second-order valence-corrected chi connectivity index (χ2v) is 4.80. The van der Waals surface area contributed by atoms with Crippen LogP contribution in [0.15, 0.2) is 24.3 Å². The van der Waals surface area contributed by atoms with Crippen LogP contribution in [0.3, 0.4) is 0 Å². The van der Waals surface area contributed by atoms with E-state index in [1.54, 1.807) is 0 Å². The minimum Gasteiger partial charge on any atom is -0.383 e. The normalized spacial score (nSPS) is 11.1. The van der Waals surface area contributed by atoms with Gasteiger partial charge in [0.25, 0.3) is 0 Å². The summed E-state index contributed by atoms with van der Waals surface area (Å²) in [6, 6.07) is 7.61. The number of halogens is 1. The molecule has 17 heavy (non-hydrogen) atoms. The number of nitrogen functional groups attached to an aromatic ring is 1. The van der Waals surface area contributed by atoms with Crippen LogP contribution in [0.2, 0.25) is 5.02 Å². The summed E-state index contributed by atoms with van der Waals surface area (Å²) in [7, 11) is 1.93. The number of rotatable bonds is 2. The molecule has 3 nitrogen and oxygen atoms in total. The maximum atomic E-state index is 6.17. The quantitative estimate of drug-likeness (QED) is 0.886. The van der Waals surface area contributed by atoms with Crippen molar-refractivity contribution in [1.29, 1.82) is 0 Å². The predicted octanol–water partition coefficient (Wildman–Crippen LogP) is 3.45. The SMILES string of the molecule is CC(C)c1nc(-c2ccccc2Cl)c(N)n1C. The lowest BCUT2D eigenvalue weighted by Gasteiger charge is -2.04. The summed E-state index contributed by atoms with van der Waals surface area (Å²) in [6.07, 6.45) is 0. The van der Waals surface area contributed by atoms with E-state index >= 15 is 0 Å². The van der Waals surface area contributed by atoms with Gasteiger partial charge in [-0.1, -0.05) is 43.6 Å². The van der Waals surface area contributed by atoms with Crippen molar-refractivity contribution in [2.24, 2.45) is 7.05 Å². The van der Waals surface area contributed by atoms with Gasteiger partial charge in [-0.2, -0.15) is 0 Å². The van der Waals surface area contributed by atoms with Crippen LogP contribution in [0.4, 0.5) is 5.82 Å². The van der Waals surface area contributed by atoms with Crippen molar-refractivity contribution in [3.05, 3.63) is 35.1 Å². The number of nitrogens with zero attached hydrogens (tertiary/aromatic N) is 2. The number of hydrogen-bond acceptors (Lipinski definition) is 2. The van der Waals surface area contributed by atoms with Gasteiger partial charge in [0.1, 0.15) is 17.3 Å². The number of nitrogens with two attached hydrogens (primary N) is 1. The topological polar surface area (TPSA) is 43.8 Å². The second kappa shape index (κ2) is 4.41. The van der Waals surface area contributed by atoms with Gasteiger partial charge in [0, 0.05) is 18.5 Å². The molecule has 0 spiro atoms. The van der Waals surface area contributed by atoms with Crippen molar-refractivity contribution in [1.82, 2.24) is 9.55 Å². The van der Waals surface area contributed by atoms with E-state index in [2.05, 4.69) is 18.8 Å². The molecule has 0 radical (unpaired) electrons. The maximum absolute atomic E-state index is 6.17. The number of anilines is 1. The Balaban J connectivity index is 2.61. The Labute approximate surface area is 106 Å². The third kappa shape index (κ3) is 2.03. The lowest BCUT2D eigenvalue weighted by molar-refractivity contribution is 0.715. The molecule has 2 rings (SSSR count). The third-order valence-corrected chi connectivity index (χ3v) is 3.15. The zero-order valence-corrected chi connectivity index (χ0v) is 11.0. The highest BCUT2D eigenvalue weighted by atomic mass is 35.5. The Morgan fingerprint density at radius 3 is 2.47 bits per heavy atom. The average molecular weight is 250 g/mol. The Kier molecular flexibility index (Phi) is 3.11.